The Balaban J connectivity index is 1.90. The SMILES string of the molecule is Nc1cccc(OCC(=O)NC(=O)c2ccccc2Br)c1. The minimum atomic E-state index is -0.529. The highest BCUT2D eigenvalue weighted by atomic mass is 79.9. The molecule has 108 valence electrons. The van der Waals surface area contributed by atoms with Gasteiger partial charge in [-0.3, -0.25) is 14.9 Å². The monoisotopic (exact) mass is 348 g/mol. The Bertz CT molecular complexity index is 673. The van der Waals surface area contributed by atoms with Crippen molar-refractivity contribution in [3.63, 3.8) is 0 Å². The van der Waals surface area contributed by atoms with Crippen molar-refractivity contribution >= 4 is 33.4 Å². The van der Waals surface area contributed by atoms with Gasteiger partial charge in [0, 0.05) is 16.2 Å². The first-order valence-corrected chi connectivity index (χ1v) is 6.92. The number of halogens is 1. The van der Waals surface area contributed by atoms with Crippen LogP contribution in [0, 0.1) is 0 Å². The average Bonchev–Trinajstić information content (AvgIpc) is 2.45. The number of anilines is 1. The summed E-state index contributed by atoms with van der Waals surface area (Å²) in [5, 5.41) is 2.26. The standard InChI is InChI=1S/C15H13BrN2O3/c16-13-7-2-1-6-12(13)15(20)18-14(19)9-21-11-5-3-4-10(17)8-11/h1-8H,9,17H2,(H,18,19,20). The van der Waals surface area contributed by atoms with E-state index in [0.29, 0.717) is 21.5 Å². The number of amides is 2. The molecule has 0 atom stereocenters. The molecule has 2 aromatic carbocycles. The molecular weight excluding hydrogens is 336 g/mol. The summed E-state index contributed by atoms with van der Waals surface area (Å²) in [5.74, 6) is -0.541. The van der Waals surface area contributed by atoms with Gasteiger partial charge in [-0.15, -0.1) is 0 Å². The van der Waals surface area contributed by atoms with Crippen LogP contribution in [0.4, 0.5) is 5.69 Å². The second-order valence-electron chi connectivity index (χ2n) is 4.22. The molecule has 6 heteroatoms. The van der Waals surface area contributed by atoms with Gasteiger partial charge in [0.15, 0.2) is 6.61 Å². The lowest BCUT2D eigenvalue weighted by molar-refractivity contribution is -0.122. The van der Waals surface area contributed by atoms with Crippen molar-refractivity contribution in [2.45, 2.75) is 0 Å². The topological polar surface area (TPSA) is 81.4 Å². The third kappa shape index (κ3) is 4.32. The van der Waals surface area contributed by atoms with Crippen LogP contribution in [0.2, 0.25) is 0 Å². The van der Waals surface area contributed by atoms with Crippen molar-refractivity contribution < 1.29 is 14.3 Å². The van der Waals surface area contributed by atoms with Crippen molar-refractivity contribution in [1.82, 2.24) is 5.32 Å². The molecule has 0 heterocycles. The van der Waals surface area contributed by atoms with Gasteiger partial charge in [-0.25, -0.2) is 0 Å². The van der Waals surface area contributed by atoms with Crippen LogP contribution >= 0.6 is 15.9 Å². The Labute approximate surface area is 130 Å². The van der Waals surface area contributed by atoms with Crippen molar-refractivity contribution in [3.8, 4) is 5.75 Å². The molecule has 0 aliphatic rings. The number of carbonyl (C=O) groups is 2. The first kappa shape index (κ1) is 15.1. The zero-order valence-electron chi connectivity index (χ0n) is 11.0. The summed E-state index contributed by atoms with van der Waals surface area (Å²) in [7, 11) is 0. The lowest BCUT2D eigenvalue weighted by Crippen LogP contribution is -2.34. The summed E-state index contributed by atoms with van der Waals surface area (Å²) >= 11 is 3.25. The maximum atomic E-state index is 11.9. The molecule has 3 N–H and O–H groups in total. The van der Waals surface area contributed by atoms with Gasteiger partial charge in [0.2, 0.25) is 0 Å². The molecule has 0 fully saturated rings. The first-order valence-electron chi connectivity index (χ1n) is 6.13. The summed E-state index contributed by atoms with van der Waals surface area (Å²) in [6.07, 6.45) is 0. The van der Waals surface area contributed by atoms with E-state index in [-0.39, 0.29) is 6.61 Å². The molecule has 0 unspecified atom stereocenters. The van der Waals surface area contributed by atoms with Gasteiger partial charge in [-0.1, -0.05) is 18.2 Å². The van der Waals surface area contributed by atoms with Crippen LogP contribution in [0.1, 0.15) is 10.4 Å². The number of rotatable bonds is 4. The highest BCUT2D eigenvalue weighted by Crippen LogP contribution is 2.16. The van der Waals surface area contributed by atoms with Crippen LogP contribution in [-0.4, -0.2) is 18.4 Å². The summed E-state index contributed by atoms with van der Waals surface area (Å²) in [6, 6.07) is 13.5. The minimum Gasteiger partial charge on any atom is -0.484 e. The number of ether oxygens (including phenoxy) is 1. The number of hydrogen-bond acceptors (Lipinski definition) is 4. The molecule has 0 aliphatic carbocycles. The normalized spacial score (nSPS) is 9.95. The van der Waals surface area contributed by atoms with E-state index >= 15 is 0 Å². The average molecular weight is 349 g/mol. The zero-order valence-corrected chi connectivity index (χ0v) is 12.6. The molecule has 0 saturated heterocycles. The summed E-state index contributed by atoms with van der Waals surface area (Å²) in [6.45, 7) is -0.264. The molecule has 0 saturated carbocycles. The predicted octanol–water partition coefficient (Wildman–Crippen LogP) is 2.37. The van der Waals surface area contributed by atoms with Gasteiger partial charge >= 0.3 is 0 Å². The maximum absolute atomic E-state index is 11.9. The molecule has 2 amide bonds. The maximum Gasteiger partial charge on any atom is 0.264 e. The number of hydrogen-bond donors (Lipinski definition) is 2. The number of carbonyl (C=O) groups excluding carboxylic acids is 2. The highest BCUT2D eigenvalue weighted by molar-refractivity contribution is 9.10. The number of nitrogens with one attached hydrogen (secondary N) is 1. The predicted molar refractivity (Wildman–Crippen MR) is 83.0 cm³/mol. The quantitative estimate of drug-likeness (QED) is 0.831. The second-order valence-corrected chi connectivity index (χ2v) is 5.07. The molecule has 0 aromatic heterocycles. The molecule has 0 spiro atoms. The van der Waals surface area contributed by atoms with Crippen molar-refractivity contribution in [1.29, 1.82) is 0 Å². The zero-order chi connectivity index (χ0) is 15.2. The third-order valence-corrected chi connectivity index (χ3v) is 3.29. The highest BCUT2D eigenvalue weighted by Gasteiger charge is 2.13. The Morgan fingerprint density at radius 2 is 1.90 bits per heavy atom. The van der Waals surface area contributed by atoms with E-state index in [4.69, 9.17) is 10.5 Å². The fourth-order valence-corrected chi connectivity index (χ4v) is 2.09. The van der Waals surface area contributed by atoms with Crippen LogP contribution in [0.3, 0.4) is 0 Å². The Kier molecular flexibility index (Phi) is 4.94. The summed E-state index contributed by atoms with van der Waals surface area (Å²) in [5.41, 5.74) is 6.52. The van der Waals surface area contributed by atoms with E-state index in [1.54, 1.807) is 48.5 Å². The molecule has 0 aliphatic heterocycles. The van der Waals surface area contributed by atoms with Crippen molar-refractivity contribution in [2.75, 3.05) is 12.3 Å². The van der Waals surface area contributed by atoms with E-state index in [2.05, 4.69) is 21.2 Å². The molecular formula is C15H13BrN2O3. The molecule has 2 aromatic rings. The summed E-state index contributed by atoms with van der Waals surface area (Å²) < 4.78 is 5.88. The van der Waals surface area contributed by atoms with E-state index in [1.807, 2.05) is 0 Å². The lowest BCUT2D eigenvalue weighted by Gasteiger charge is -2.08. The smallest absolute Gasteiger partial charge is 0.264 e. The van der Waals surface area contributed by atoms with E-state index in [0.717, 1.165) is 0 Å². The van der Waals surface area contributed by atoms with Crippen molar-refractivity contribution in [2.24, 2.45) is 0 Å². The first-order chi connectivity index (χ1) is 10.1. The van der Waals surface area contributed by atoms with Gasteiger partial charge < -0.3 is 10.5 Å². The Morgan fingerprint density at radius 3 is 2.62 bits per heavy atom. The van der Waals surface area contributed by atoms with E-state index < -0.39 is 11.8 Å². The number of nitrogen functional groups attached to an aromatic ring is 1. The molecule has 0 radical (unpaired) electrons. The van der Waals surface area contributed by atoms with Crippen LogP contribution in [-0.2, 0) is 4.79 Å². The fraction of sp³-hybridized carbons (Fsp3) is 0.0667. The van der Waals surface area contributed by atoms with Crippen LogP contribution in [0.25, 0.3) is 0 Å². The number of nitrogens with two attached hydrogens (primary N) is 1. The molecule has 5 nitrogen and oxygen atoms in total. The van der Waals surface area contributed by atoms with Gasteiger partial charge in [-0.05, 0) is 40.2 Å². The molecule has 0 bridgehead atoms. The number of benzene rings is 2. The summed E-state index contributed by atoms with van der Waals surface area (Å²) in [4.78, 5) is 23.6. The van der Waals surface area contributed by atoms with Gasteiger partial charge in [-0.2, -0.15) is 0 Å². The molecule has 21 heavy (non-hydrogen) atoms. The van der Waals surface area contributed by atoms with Crippen LogP contribution in [0.15, 0.2) is 53.0 Å². The van der Waals surface area contributed by atoms with Gasteiger partial charge in [0.1, 0.15) is 5.75 Å². The Hall–Kier alpha value is -2.34. The fourth-order valence-electron chi connectivity index (χ4n) is 1.63. The second kappa shape index (κ2) is 6.90. The lowest BCUT2D eigenvalue weighted by atomic mass is 10.2. The minimum absolute atomic E-state index is 0.264. The number of imide groups is 1. The van der Waals surface area contributed by atoms with Crippen molar-refractivity contribution in [3.05, 3.63) is 58.6 Å². The largest absolute Gasteiger partial charge is 0.484 e. The van der Waals surface area contributed by atoms with Crippen LogP contribution < -0.4 is 15.8 Å². The van der Waals surface area contributed by atoms with Gasteiger partial charge in [0.05, 0.1) is 5.56 Å². The van der Waals surface area contributed by atoms with E-state index in [9.17, 15) is 9.59 Å². The molecule has 2 rings (SSSR count). The van der Waals surface area contributed by atoms with Gasteiger partial charge in [0.25, 0.3) is 11.8 Å². The Morgan fingerprint density at radius 1 is 1.14 bits per heavy atom. The van der Waals surface area contributed by atoms with Crippen LogP contribution in [0.5, 0.6) is 5.75 Å². The van der Waals surface area contributed by atoms with E-state index in [1.165, 1.54) is 0 Å². The third-order valence-electron chi connectivity index (χ3n) is 2.60.